The maximum absolute atomic E-state index is 13.6. The van der Waals surface area contributed by atoms with Gasteiger partial charge in [-0.15, -0.1) is 0 Å². The van der Waals surface area contributed by atoms with E-state index in [1.165, 1.54) is 12.1 Å². The number of benzene rings is 1. The van der Waals surface area contributed by atoms with Crippen LogP contribution in [0.25, 0.3) is 0 Å². The minimum Gasteiger partial charge on any atom is -0.342 e. The highest BCUT2D eigenvalue weighted by Crippen LogP contribution is 2.34. The van der Waals surface area contributed by atoms with Gasteiger partial charge in [-0.2, -0.15) is 0 Å². The average Bonchev–Trinajstić information content (AvgIpc) is 3.03. The number of nitrogens with zero attached hydrogens (tertiary/aromatic N) is 4. The predicted molar refractivity (Wildman–Crippen MR) is 116 cm³/mol. The number of hydrogen-bond acceptors (Lipinski definition) is 4. The Bertz CT molecular complexity index is 1030. The molecule has 1 aromatic carbocycles. The van der Waals surface area contributed by atoms with Gasteiger partial charge >= 0.3 is 0 Å². The van der Waals surface area contributed by atoms with Gasteiger partial charge in [0.1, 0.15) is 17.5 Å². The first kappa shape index (κ1) is 21.4. The average molecular weight is 425 g/mol. The Kier molecular flexibility index (Phi) is 5.54. The van der Waals surface area contributed by atoms with Crippen molar-refractivity contribution in [3.63, 3.8) is 0 Å². The Morgan fingerprint density at radius 1 is 1.26 bits per heavy atom. The van der Waals surface area contributed by atoms with E-state index in [-0.39, 0.29) is 36.5 Å². The van der Waals surface area contributed by atoms with Crippen molar-refractivity contribution in [1.29, 1.82) is 0 Å². The van der Waals surface area contributed by atoms with E-state index in [0.717, 1.165) is 36.2 Å². The molecule has 6 nitrogen and oxygen atoms in total. The van der Waals surface area contributed by atoms with Crippen molar-refractivity contribution >= 4 is 17.6 Å². The lowest BCUT2D eigenvalue weighted by Gasteiger charge is -2.36. The molecule has 1 atom stereocenters. The number of aromatic nitrogens is 2. The molecule has 0 unspecified atom stereocenters. The van der Waals surface area contributed by atoms with Crippen LogP contribution in [0.1, 0.15) is 62.2 Å². The van der Waals surface area contributed by atoms with Crippen molar-refractivity contribution in [2.24, 2.45) is 5.41 Å². The summed E-state index contributed by atoms with van der Waals surface area (Å²) < 4.78 is 13.6. The first-order valence-corrected chi connectivity index (χ1v) is 10.8. The molecular formula is C24H29FN4O2. The molecule has 3 heterocycles. The van der Waals surface area contributed by atoms with E-state index < -0.39 is 5.41 Å². The van der Waals surface area contributed by atoms with Gasteiger partial charge in [-0.25, -0.2) is 14.4 Å². The van der Waals surface area contributed by atoms with Gasteiger partial charge in [-0.3, -0.25) is 14.5 Å². The van der Waals surface area contributed by atoms with Crippen LogP contribution in [0, 0.1) is 18.2 Å². The Morgan fingerprint density at radius 3 is 2.74 bits per heavy atom. The molecule has 2 aliphatic rings. The lowest BCUT2D eigenvalue weighted by Crippen LogP contribution is -2.45. The maximum Gasteiger partial charge on any atom is 0.233 e. The summed E-state index contributed by atoms with van der Waals surface area (Å²) in [5.74, 6) is 1.10. The second-order valence-electron chi connectivity index (χ2n) is 9.60. The lowest BCUT2D eigenvalue weighted by molar-refractivity contribution is -0.140. The van der Waals surface area contributed by atoms with E-state index in [0.29, 0.717) is 18.2 Å². The summed E-state index contributed by atoms with van der Waals surface area (Å²) in [6, 6.07) is 6.28. The van der Waals surface area contributed by atoms with Crippen LogP contribution >= 0.6 is 0 Å². The SMILES string of the molecule is Cc1nc([C@H]2CCCN(C(=O)C(C)(C)C)C2)nc2c1CC(=O)N2Cc1cccc(F)c1. The zero-order valence-electron chi connectivity index (χ0n) is 18.6. The minimum atomic E-state index is -0.426. The minimum absolute atomic E-state index is 0.0378. The number of piperidine rings is 1. The fourth-order valence-corrected chi connectivity index (χ4v) is 4.41. The molecule has 2 aliphatic heterocycles. The Balaban J connectivity index is 1.62. The first-order chi connectivity index (χ1) is 14.6. The Labute approximate surface area is 182 Å². The summed E-state index contributed by atoms with van der Waals surface area (Å²) in [5, 5.41) is 0. The van der Waals surface area contributed by atoms with Crippen LogP contribution in [-0.2, 0) is 22.6 Å². The first-order valence-electron chi connectivity index (χ1n) is 10.8. The van der Waals surface area contributed by atoms with Crippen LogP contribution in [0.3, 0.4) is 0 Å². The van der Waals surface area contributed by atoms with Crippen molar-refractivity contribution in [3.05, 3.63) is 52.7 Å². The van der Waals surface area contributed by atoms with Crippen LogP contribution < -0.4 is 4.90 Å². The summed E-state index contributed by atoms with van der Waals surface area (Å²) in [7, 11) is 0. The molecule has 2 amide bonds. The van der Waals surface area contributed by atoms with Gasteiger partial charge in [-0.1, -0.05) is 32.9 Å². The highest BCUT2D eigenvalue weighted by molar-refractivity contribution is 6.00. The van der Waals surface area contributed by atoms with E-state index in [2.05, 4.69) is 0 Å². The van der Waals surface area contributed by atoms with E-state index >= 15 is 0 Å². The second kappa shape index (κ2) is 8.02. The van der Waals surface area contributed by atoms with Gasteiger partial charge in [0, 0.05) is 35.7 Å². The molecule has 2 aromatic rings. The monoisotopic (exact) mass is 424 g/mol. The van der Waals surface area contributed by atoms with Gasteiger partial charge in [0.15, 0.2) is 0 Å². The van der Waals surface area contributed by atoms with Crippen LogP contribution in [0.4, 0.5) is 10.2 Å². The zero-order chi connectivity index (χ0) is 22.3. The van der Waals surface area contributed by atoms with Crippen LogP contribution in [0.5, 0.6) is 0 Å². The number of halogens is 1. The molecule has 164 valence electrons. The number of rotatable bonds is 3. The molecule has 7 heteroatoms. The molecule has 0 N–H and O–H groups in total. The largest absolute Gasteiger partial charge is 0.342 e. The van der Waals surface area contributed by atoms with E-state index in [9.17, 15) is 14.0 Å². The molecule has 0 saturated carbocycles. The number of carbonyl (C=O) groups is 2. The predicted octanol–water partition coefficient (Wildman–Crippen LogP) is 3.77. The number of carbonyl (C=O) groups excluding carboxylic acids is 2. The summed E-state index contributed by atoms with van der Waals surface area (Å²) >= 11 is 0. The highest BCUT2D eigenvalue weighted by atomic mass is 19.1. The van der Waals surface area contributed by atoms with Gasteiger partial charge in [0.2, 0.25) is 11.8 Å². The van der Waals surface area contributed by atoms with Gasteiger partial charge in [0.25, 0.3) is 0 Å². The normalized spacial score (nSPS) is 19.0. The number of fused-ring (bicyclic) bond motifs is 1. The zero-order valence-corrected chi connectivity index (χ0v) is 18.6. The quantitative estimate of drug-likeness (QED) is 0.752. The topological polar surface area (TPSA) is 66.4 Å². The summed E-state index contributed by atoms with van der Waals surface area (Å²) in [6.45, 7) is 9.33. The third-order valence-electron chi connectivity index (χ3n) is 6.04. The Morgan fingerprint density at radius 2 is 2.03 bits per heavy atom. The molecule has 1 fully saturated rings. The number of hydrogen-bond donors (Lipinski definition) is 0. The molecule has 0 radical (unpaired) electrons. The van der Waals surface area contributed by atoms with Crippen LogP contribution in [0.15, 0.2) is 24.3 Å². The van der Waals surface area contributed by atoms with Crippen molar-refractivity contribution < 1.29 is 14.0 Å². The molecule has 31 heavy (non-hydrogen) atoms. The molecule has 0 spiro atoms. The fraction of sp³-hybridized carbons (Fsp3) is 0.500. The third-order valence-corrected chi connectivity index (χ3v) is 6.04. The molecular weight excluding hydrogens is 395 g/mol. The van der Waals surface area contributed by atoms with Crippen LogP contribution in [0.2, 0.25) is 0 Å². The summed E-state index contributed by atoms with van der Waals surface area (Å²) in [6.07, 6.45) is 2.07. The van der Waals surface area contributed by atoms with E-state index in [4.69, 9.17) is 9.97 Å². The van der Waals surface area contributed by atoms with E-state index in [1.807, 2.05) is 32.6 Å². The van der Waals surface area contributed by atoms with Gasteiger partial charge in [0.05, 0.1) is 13.0 Å². The summed E-state index contributed by atoms with van der Waals surface area (Å²) in [4.78, 5) is 38.6. The molecule has 4 rings (SSSR count). The summed E-state index contributed by atoms with van der Waals surface area (Å²) in [5.41, 5.74) is 1.93. The van der Waals surface area contributed by atoms with Crippen molar-refractivity contribution in [3.8, 4) is 0 Å². The molecule has 0 aliphatic carbocycles. The van der Waals surface area contributed by atoms with Gasteiger partial charge in [-0.05, 0) is 37.5 Å². The standard InChI is InChI=1S/C24H29FN4O2/c1-15-19-12-20(30)29(13-16-7-5-9-18(25)11-16)22(19)27-21(26-15)17-8-6-10-28(14-17)23(31)24(2,3)4/h5,7,9,11,17H,6,8,10,12-14H2,1-4H3/t17-/m0/s1. The van der Waals surface area contributed by atoms with Crippen molar-refractivity contribution in [2.75, 3.05) is 18.0 Å². The molecule has 0 bridgehead atoms. The van der Waals surface area contributed by atoms with E-state index in [1.54, 1.807) is 17.0 Å². The maximum atomic E-state index is 13.6. The number of aryl methyl sites for hydroxylation is 1. The third kappa shape index (κ3) is 4.31. The van der Waals surface area contributed by atoms with Gasteiger partial charge < -0.3 is 4.90 Å². The van der Waals surface area contributed by atoms with Crippen molar-refractivity contribution in [1.82, 2.24) is 14.9 Å². The molecule has 1 aromatic heterocycles. The number of anilines is 1. The second-order valence-corrected chi connectivity index (χ2v) is 9.60. The van der Waals surface area contributed by atoms with Crippen molar-refractivity contribution in [2.45, 2.75) is 59.4 Å². The number of amides is 2. The smallest absolute Gasteiger partial charge is 0.233 e. The number of likely N-dealkylation sites (tertiary alicyclic amines) is 1. The van der Waals surface area contributed by atoms with Crippen LogP contribution in [-0.4, -0.2) is 39.8 Å². The lowest BCUT2D eigenvalue weighted by atomic mass is 9.91. The fourth-order valence-electron chi connectivity index (χ4n) is 4.41. The highest BCUT2D eigenvalue weighted by Gasteiger charge is 2.35. The molecule has 1 saturated heterocycles. The Hall–Kier alpha value is -2.83.